The molecule has 0 unspecified atom stereocenters. The third-order valence-electron chi connectivity index (χ3n) is 2.01. The summed E-state index contributed by atoms with van der Waals surface area (Å²) in [5.41, 5.74) is 0. The maximum absolute atomic E-state index is 3.36. The van der Waals surface area contributed by atoms with Gasteiger partial charge in [0.05, 0.1) is 0 Å². The zero-order valence-electron chi connectivity index (χ0n) is 6.19. The molecule has 0 saturated heterocycles. The van der Waals surface area contributed by atoms with Crippen molar-refractivity contribution in [2.75, 3.05) is 0 Å². The van der Waals surface area contributed by atoms with E-state index in [0.717, 1.165) is 6.04 Å². The van der Waals surface area contributed by atoms with Crippen LogP contribution in [0.4, 0.5) is 0 Å². The van der Waals surface area contributed by atoms with Crippen molar-refractivity contribution in [2.24, 2.45) is 0 Å². The monoisotopic (exact) mass is 126 g/mol. The van der Waals surface area contributed by atoms with E-state index in [1.807, 2.05) is 0 Å². The van der Waals surface area contributed by atoms with Crippen LogP contribution in [0, 0.1) is 6.54 Å². The Morgan fingerprint density at radius 1 is 1.22 bits per heavy atom. The Labute approximate surface area is 57.8 Å². The second-order valence-corrected chi connectivity index (χ2v) is 2.79. The molecular formula is C8H16N. The van der Waals surface area contributed by atoms with Gasteiger partial charge in [0.15, 0.2) is 0 Å². The third-order valence-corrected chi connectivity index (χ3v) is 2.01. The second-order valence-electron chi connectivity index (χ2n) is 2.79. The summed E-state index contributed by atoms with van der Waals surface area (Å²) in [6.07, 6.45) is 7.05. The largest absolute Gasteiger partial charge is 0.310 e. The summed E-state index contributed by atoms with van der Waals surface area (Å²) in [6.45, 7) is 4.13. The van der Waals surface area contributed by atoms with Crippen molar-refractivity contribution in [1.29, 1.82) is 0 Å². The van der Waals surface area contributed by atoms with E-state index in [0.29, 0.717) is 0 Å². The van der Waals surface area contributed by atoms with Gasteiger partial charge in [0.25, 0.3) is 0 Å². The van der Waals surface area contributed by atoms with Crippen LogP contribution in [-0.4, -0.2) is 6.04 Å². The van der Waals surface area contributed by atoms with E-state index in [1.165, 1.54) is 32.1 Å². The molecule has 1 aliphatic rings. The van der Waals surface area contributed by atoms with Gasteiger partial charge in [0.2, 0.25) is 0 Å². The highest BCUT2D eigenvalue weighted by Crippen LogP contribution is 2.17. The lowest BCUT2D eigenvalue weighted by Crippen LogP contribution is -2.27. The molecule has 0 bridgehead atoms. The van der Waals surface area contributed by atoms with Crippen molar-refractivity contribution in [1.82, 2.24) is 5.32 Å². The molecule has 1 N–H and O–H groups in total. The summed E-state index contributed by atoms with van der Waals surface area (Å²) in [5, 5.41) is 3.36. The van der Waals surface area contributed by atoms with Crippen LogP contribution in [0.5, 0.6) is 0 Å². The molecule has 0 aromatic carbocycles. The molecule has 1 heteroatoms. The lowest BCUT2D eigenvalue weighted by atomic mass is 9.96. The molecule has 1 aliphatic carbocycles. The molecule has 1 nitrogen and oxygen atoms in total. The second kappa shape index (κ2) is 3.89. The fourth-order valence-corrected chi connectivity index (χ4v) is 1.50. The van der Waals surface area contributed by atoms with Crippen molar-refractivity contribution < 1.29 is 0 Å². The van der Waals surface area contributed by atoms with Crippen LogP contribution in [0.25, 0.3) is 0 Å². The van der Waals surface area contributed by atoms with Gasteiger partial charge in [-0.05, 0) is 19.8 Å². The van der Waals surface area contributed by atoms with Gasteiger partial charge in [-0.2, -0.15) is 0 Å². The third kappa shape index (κ3) is 2.35. The summed E-state index contributed by atoms with van der Waals surface area (Å²) in [4.78, 5) is 0. The highest BCUT2D eigenvalue weighted by atomic mass is 14.9. The first-order valence-corrected chi connectivity index (χ1v) is 3.97. The molecule has 1 radical (unpaired) electrons. The molecule has 9 heavy (non-hydrogen) atoms. The average molecular weight is 126 g/mol. The number of hydrogen-bond donors (Lipinski definition) is 1. The first-order chi connectivity index (χ1) is 4.43. The van der Waals surface area contributed by atoms with Crippen molar-refractivity contribution in [2.45, 2.75) is 45.1 Å². The summed E-state index contributed by atoms with van der Waals surface area (Å²) in [6, 6.07) is 0.795. The molecule has 0 aliphatic heterocycles. The summed E-state index contributed by atoms with van der Waals surface area (Å²) < 4.78 is 0. The minimum atomic E-state index is 0.795. The van der Waals surface area contributed by atoms with Gasteiger partial charge in [-0.15, -0.1) is 0 Å². The van der Waals surface area contributed by atoms with E-state index in [4.69, 9.17) is 0 Å². The molecule has 0 aromatic rings. The van der Waals surface area contributed by atoms with Gasteiger partial charge in [-0.3, -0.25) is 0 Å². The standard InChI is InChI=1S/C8H16N/c1-2-9-8-6-4-3-5-7-8/h2,8-9H,3-7H2,1H3. The molecule has 53 valence electrons. The molecular weight excluding hydrogens is 110 g/mol. The van der Waals surface area contributed by atoms with Gasteiger partial charge in [0.1, 0.15) is 0 Å². The average Bonchev–Trinajstić information content (AvgIpc) is 1.91. The minimum absolute atomic E-state index is 0.795. The minimum Gasteiger partial charge on any atom is -0.310 e. The van der Waals surface area contributed by atoms with Crippen LogP contribution in [0.1, 0.15) is 39.0 Å². The molecule has 1 rings (SSSR count). The quantitative estimate of drug-likeness (QED) is 0.597. The van der Waals surface area contributed by atoms with Gasteiger partial charge >= 0.3 is 0 Å². The lowest BCUT2D eigenvalue weighted by Gasteiger charge is -2.21. The summed E-state index contributed by atoms with van der Waals surface area (Å²) in [7, 11) is 0. The first kappa shape index (κ1) is 7.07. The Morgan fingerprint density at radius 2 is 1.89 bits per heavy atom. The number of hydrogen-bond acceptors (Lipinski definition) is 1. The Morgan fingerprint density at radius 3 is 2.44 bits per heavy atom. The van der Waals surface area contributed by atoms with Gasteiger partial charge in [-0.25, -0.2) is 0 Å². The highest BCUT2D eigenvalue weighted by molar-refractivity contribution is 4.73. The SMILES string of the molecule is C[CH]NC1CCCCC1. The fourth-order valence-electron chi connectivity index (χ4n) is 1.50. The topological polar surface area (TPSA) is 12.0 Å². The van der Waals surface area contributed by atoms with Gasteiger partial charge in [0, 0.05) is 12.6 Å². The molecule has 1 fully saturated rings. The fraction of sp³-hybridized carbons (Fsp3) is 0.875. The van der Waals surface area contributed by atoms with E-state index >= 15 is 0 Å². The van der Waals surface area contributed by atoms with E-state index in [1.54, 1.807) is 0 Å². The Hall–Kier alpha value is -0.0400. The van der Waals surface area contributed by atoms with Crippen molar-refractivity contribution in [3.05, 3.63) is 6.54 Å². The molecule has 1 saturated carbocycles. The van der Waals surface area contributed by atoms with Gasteiger partial charge in [-0.1, -0.05) is 19.3 Å². The molecule has 0 atom stereocenters. The number of nitrogens with one attached hydrogen (secondary N) is 1. The molecule has 0 aromatic heterocycles. The van der Waals surface area contributed by atoms with Crippen LogP contribution in [-0.2, 0) is 0 Å². The van der Waals surface area contributed by atoms with Gasteiger partial charge < -0.3 is 5.32 Å². The predicted octanol–water partition coefficient (Wildman–Crippen LogP) is 2.09. The summed E-state index contributed by atoms with van der Waals surface area (Å²) >= 11 is 0. The maximum atomic E-state index is 3.36. The molecule has 0 amide bonds. The molecule has 0 spiro atoms. The van der Waals surface area contributed by atoms with Crippen molar-refractivity contribution in [3.63, 3.8) is 0 Å². The Bertz CT molecular complexity index is 62.2. The van der Waals surface area contributed by atoms with Crippen molar-refractivity contribution in [3.8, 4) is 0 Å². The van der Waals surface area contributed by atoms with Crippen LogP contribution >= 0.6 is 0 Å². The zero-order valence-corrected chi connectivity index (χ0v) is 6.19. The van der Waals surface area contributed by atoms with Crippen LogP contribution in [0.2, 0.25) is 0 Å². The normalized spacial score (nSPS) is 22.3. The predicted molar refractivity (Wildman–Crippen MR) is 40.0 cm³/mol. The van der Waals surface area contributed by atoms with Crippen LogP contribution in [0.3, 0.4) is 0 Å². The highest BCUT2D eigenvalue weighted by Gasteiger charge is 2.10. The van der Waals surface area contributed by atoms with Crippen LogP contribution < -0.4 is 5.32 Å². The van der Waals surface area contributed by atoms with E-state index in [-0.39, 0.29) is 0 Å². The van der Waals surface area contributed by atoms with E-state index in [2.05, 4.69) is 18.8 Å². The summed E-state index contributed by atoms with van der Waals surface area (Å²) in [5.74, 6) is 0. The first-order valence-electron chi connectivity index (χ1n) is 3.97. The maximum Gasteiger partial charge on any atom is 0.0192 e. The van der Waals surface area contributed by atoms with E-state index < -0.39 is 0 Å². The zero-order chi connectivity index (χ0) is 6.53. The smallest absolute Gasteiger partial charge is 0.0192 e. The van der Waals surface area contributed by atoms with Crippen molar-refractivity contribution >= 4 is 0 Å². The Balaban J connectivity index is 2.08. The Kier molecular flexibility index (Phi) is 3.05. The molecule has 0 heterocycles. The number of rotatable bonds is 2. The van der Waals surface area contributed by atoms with E-state index in [9.17, 15) is 0 Å². The van der Waals surface area contributed by atoms with Crippen LogP contribution in [0.15, 0.2) is 0 Å². The lowest BCUT2D eigenvalue weighted by molar-refractivity contribution is 0.395.